The Hall–Kier alpha value is -1.78. The van der Waals surface area contributed by atoms with E-state index in [0.717, 1.165) is 32.6 Å². The van der Waals surface area contributed by atoms with Crippen molar-refractivity contribution in [3.63, 3.8) is 0 Å². The molecule has 0 spiro atoms. The van der Waals surface area contributed by atoms with E-state index in [1.54, 1.807) is 7.05 Å². The maximum Gasteiger partial charge on any atom is 0.256 e. The fourth-order valence-corrected chi connectivity index (χ4v) is 2.99. The third-order valence-electron chi connectivity index (χ3n) is 3.33. The number of nitriles is 1. The summed E-state index contributed by atoms with van der Waals surface area (Å²) in [6, 6.07) is 2.03. The average Bonchev–Trinajstić information content (AvgIpc) is 2.82. The summed E-state index contributed by atoms with van der Waals surface area (Å²) in [7, 11) is 1.55. The quantitative estimate of drug-likeness (QED) is 0.635. The van der Waals surface area contributed by atoms with Crippen LogP contribution in [0.1, 0.15) is 35.5 Å². The van der Waals surface area contributed by atoms with Crippen LogP contribution in [-0.2, 0) is 0 Å². The van der Waals surface area contributed by atoms with Crippen molar-refractivity contribution in [2.45, 2.75) is 20.3 Å². The van der Waals surface area contributed by atoms with Gasteiger partial charge in [0.15, 0.2) is 0 Å². The Morgan fingerprint density at radius 3 is 2.62 bits per heavy atom. The molecule has 0 unspecified atom stereocenters. The molecule has 0 aliphatic heterocycles. The molecule has 1 amide bonds. The van der Waals surface area contributed by atoms with E-state index in [1.807, 2.05) is 6.07 Å². The van der Waals surface area contributed by atoms with Gasteiger partial charge in [0.1, 0.15) is 15.9 Å². The second-order valence-electron chi connectivity index (χ2n) is 4.55. The predicted octanol–water partition coefficient (Wildman–Crippen LogP) is 1.71. The van der Waals surface area contributed by atoms with Gasteiger partial charge in [-0.25, -0.2) is 0 Å². The number of carbonyl (C=O) groups excluding carboxylic acids is 1. The fourth-order valence-electron chi connectivity index (χ4n) is 2.05. The van der Waals surface area contributed by atoms with Crippen LogP contribution >= 0.6 is 11.3 Å². The molecule has 0 aliphatic rings. The third kappa shape index (κ3) is 4.34. The molecule has 0 fully saturated rings. The minimum atomic E-state index is -0.267. The summed E-state index contributed by atoms with van der Waals surface area (Å²) < 4.78 is 0. The summed E-state index contributed by atoms with van der Waals surface area (Å²) in [5.41, 5.74) is 6.50. The first-order chi connectivity index (χ1) is 10.1. The number of nitrogens with two attached hydrogens (primary N) is 1. The van der Waals surface area contributed by atoms with E-state index in [1.165, 1.54) is 11.3 Å². The van der Waals surface area contributed by atoms with Gasteiger partial charge in [0, 0.05) is 13.6 Å². The molecule has 6 nitrogen and oxygen atoms in total. The first-order valence-corrected chi connectivity index (χ1v) is 7.91. The number of rotatable bonds is 8. The first kappa shape index (κ1) is 17.3. The number of nitrogens with zero attached hydrogens (tertiary/aromatic N) is 2. The smallest absolute Gasteiger partial charge is 0.256 e. The van der Waals surface area contributed by atoms with E-state index >= 15 is 0 Å². The number of hydrogen-bond donors (Lipinski definition) is 3. The van der Waals surface area contributed by atoms with Crippen molar-refractivity contribution in [1.82, 2.24) is 10.2 Å². The molecule has 0 aromatic carbocycles. The van der Waals surface area contributed by atoms with Crippen LogP contribution in [0.2, 0.25) is 0 Å². The lowest BCUT2D eigenvalue weighted by Crippen LogP contribution is -2.25. The molecule has 7 heteroatoms. The summed E-state index contributed by atoms with van der Waals surface area (Å²) in [6.07, 6.45) is 0.967. The maximum atomic E-state index is 11.9. The van der Waals surface area contributed by atoms with E-state index in [0.29, 0.717) is 15.4 Å². The summed E-state index contributed by atoms with van der Waals surface area (Å²) in [5, 5.41) is 15.5. The van der Waals surface area contributed by atoms with E-state index < -0.39 is 0 Å². The van der Waals surface area contributed by atoms with Gasteiger partial charge in [-0.15, -0.1) is 11.3 Å². The van der Waals surface area contributed by atoms with Crippen LogP contribution in [0, 0.1) is 11.3 Å². The van der Waals surface area contributed by atoms with Gasteiger partial charge < -0.3 is 21.3 Å². The minimum Gasteiger partial charge on any atom is -0.396 e. The number of amides is 1. The lowest BCUT2D eigenvalue weighted by molar-refractivity contribution is 0.0965. The van der Waals surface area contributed by atoms with Crippen molar-refractivity contribution < 1.29 is 4.79 Å². The van der Waals surface area contributed by atoms with Gasteiger partial charge in [0.05, 0.1) is 11.3 Å². The molecule has 0 saturated carbocycles. The van der Waals surface area contributed by atoms with E-state index in [2.05, 4.69) is 29.4 Å². The summed E-state index contributed by atoms with van der Waals surface area (Å²) >= 11 is 1.23. The van der Waals surface area contributed by atoms with Crippen LogP contribution in [0.5, 0.6) is 0 Å². The van der Waals surface area contributed by atoms with Crippen molar-refractivity contribution >= 4 is 27.9 Å². The number of anilines is 2. The molecule has 1 heterocycles. The second kappa shape index (κ2) is 8.49. The topological polar surface area (TPSA) is 94.2 Å². The molecule has 0 atom stereocenters. The number of hydrogen-bond acceptors (Lipinski definition) is 6. The highest BCUT2D eigenvalue weighted by Gasteiger charge is 2.21. The predicted molar refractivity (Wildman–Crippen MR) is 87.7 cm³/mol. The number of nitrogens with one attached hydrogen (secondary N) is 2. The number of nitrogen functional groups attached to an aromatic ring is 1. The van der Waals surface area contributed by atoms with Gasteiger partial charge >= 0.3 is 0 Å². The van der Waals surface area contributed by atoms with Gasteiger partial charge in [-0.2, -0.15) is 5.26 Å². The fraction of sp³-hybridized carbons (Fsp3) is 0.571. The van der Waals surface area contributed by atoms with Crippen LogP contribution in [-0.4, -0.2) is 44.0 Å². The van der Waals surface area contributed by atoms with Crippen LogP contribution in [0.15, 0.2) is 0 Å². The molecule has 21 heavy (non-hydrogen) atoms. The Morgan fingerprint density at radius 1 is 1.43 bits per heavy atom. The van der Waals surface area contributed by atoms with Crippen LogP contribution in [0.4, 0.5) is 10.7 Å². The third-order valence-corrected chi connectivity index (χ3v) is 4.40. The minimum absolute atomic E-state index is 0.257. The van der Waals surface area contributed by atoms with Crippen molar-refractivity contribution in [2.24, 2.45) is 0 Å². The highest BCUT2D eigenvalue weighted by molar-refractivity contribution is 7.17. The zero-order chi connectivity index (χ0) is 15.8. The molecular formula is C14H23N5OS. The largest absolute Gasteiger partial charge is 0.396 e. The van der Waals surface area contributed by atoms with Gasteiger partial charge in [-0.1, -0.05) is 13.8 Å². The Labute approximate surface area is 129 Å². The zero-order valence-electron chi connectivity index (χ0n) is 12.8. The van der Waals surface area contributed by atoms with Crippen molar-refractivity contribution in [3.8, 4) is 6.07 Å². The van der Waals surface area contributed by atoms with Crippen LogP contribution < -0.4 is 16.4 Å². The van der Waals surface area contributed by atoms with Gasteiger partial charge in [0.2, 0.25) is 0 Å². The van der Waals surface area contributed by atoms with Crippen LogP contribution in [0.3, 0.4) is 0 Å². The van der Waals surface area contributed by atoms with Crippen molar-refractivity contribution in [2.75, 3.05) is 44.3 Å². The lowest BCUT2D eigenvalue weighted by atomic mass is 10.2. The molecule has 4 N–H and O–H groups in total. The van der Waals surface area contributed by atoms with Gasteiger partial charge in [0.25, 0.3) is 5.91 Å². The highest BCUT2D eigenvalue weighted by atomic mass is 32.1. The van der Waals surface area contributed by atoms with E-state index in [-0.39, 0.29) is 11.6 Å². The normalized spacial score (nSPS) is 10.4. The molecule has 1 aromatic rings. The SMILES string of the molecule is CCN(CC)CCCNc1sc(C#N)c(N)c1C(=O)NC. The van der Waals surface area contributed by atoms with E-state index in [9.17, 15) is 4.79 Å². The van der Waals surface area contributed by atoms with Crippen molar-refractivity contribution in [1.29, 1.82) is 5.26 Å². The molecule has 1 rings (SSSR count). The number of carbonyl (C=O) groups is 1. The van der Waals surface area contributed by atoms with Gasteiger partial charge in [-0.05, 0) is 26.1 Å². The Bertz CT molecular complexity index is 516. The van der Waals surface area contributed by atoms with Crippen LogP contribution in [0.25, 0.3) is 0 Å². The molecule has 0 aliphatic carbocycles. The maximum absolute atomic E-state index is 11.9. The Morgan fingerprint density at radius 2 is 2.10 bits per heavy atom. The molecule has 1 aromatic heterocycles. The standard InChI is InChI=1S/C14H23N5OS/c1-4-19(5-2)8-6-7-18-14-11(13(20)17-3)12(16)10(9-15)21-14/h18H,4-8,16H2,1-3H3,(H,17,20). The highest BCUT2D eigenvalue weighted by Crippen LogP contribution is 2.35. The molecular weight excluding hydrogens is 286 g/mol. The van der Waals surface area contributed by atoms with Crippen molar-refractivity contribution in [3.05, 3.63) is 10.4 Å². The Kier molecular flexibility index (Phi) is 6.99. The Balaban J connectivity index is 2.71. The second-order valence-corrected chi connectivity index (χ2v) is 5.57. The van der Waals surface area contributed by atoms with Gasteiger partial charge in [-0.3, -0.25) is 4.79 Å². The average molecular weight is 309 g/mol. The summed E-state index contributed by atoms with van der Waals surface area (Å²) in [6.45, 7) is 8.08. The molecule has 0 radical (unpaired) electrons. The molecule has 116 valence electrons. The lowest BCUT2D eigenvalue weighted by Gasteiger charge is -2.17. The molecule has 0 bridgehead atoms. The van der Waals surface area contributed by atoms with E-state index in [4.69, 9.17) is 11.0 Å². The summed E-state index contributed by atoms with van der Waals surface area (Å²) in [4.78, 5) is 14.6. The molecule has 0 saturated heterocycles. The summed E-state index contributed by atoms with van der Waals surface area (Å²) in [5.74, 6) is -0.267. The monoisotopic (exact) mass is 309 g/mol. The first-order valence-electron chi connectivity index (χ1n) is 7.09. The zero-order valence-corrected chi connectivity index (χ0v) is 13.6. The number of thiophene rings is 1.